The van der Waals surface area contributed by atoms with Gasteiger partial charge in [-0.1, -0.05) is 26.2 Å². The molecule has 0 radical (unpaired) electrons. The van der Waals surface area contributed by atoms with Gasteiger partial charge < -0.3 is 10.4 Å². The summed E-state index contributed by atoms with van der Waals surface area (Å²) in [6, 6.07) is 0.235. The number of H-pyrrole nitrogens is 1. The van der Waals surface area contributed by atoms with Crippen LogP contribution in [0.4, 0.5) is 0 Å². The molecular weight excluding hydrogens is 266 g/mol. The fourth-order valence-corrected chi connectivity index (χ4v) is 4.34. The molecule has 116 valence electrons. The van der Waals surface area contributed by atoms with E-state index in [1.54, 1.807) is 7.05 Å². The molecule has 3 rings (SSSR count). The van der Waals surface area contributed by atoms with E-state index in [1.165, 1.54) is 43.0 Å². The molecule has 1 heterocycles. The first-order valence-electron chi connectivity index (χ1n) is 8.15. The third-order valence-electron chi connectivity index (χ3n) is 5.48. The third kappa shape index (κ3) is 2.65. The maximum atomic E-state index is 12.4. The Bertz CT molecular complexity index is 572. The van der Waals surface area contributed by atoms with Gasteiger partial charge in [-0.15, -0.1) is 0 Å². The monoisotopic (exact) mass is 291 g/mol. The standard InChI is InChI=1S/C16H25N3O2/c1-3-11-7-10-5-4-6-12(8-10)14(11)18-15(20)13-9-17-19(2)16(13)21/h9-12,14,17H,3-8H2,1-2H3,(H,18,20). The van der Waals surface area contributed by atoms with E-state index in [2.05, 4.69) is 17.3 Å². The van der Waals surface area contributed by atoms with E-state index in [0.29, 0.717) is 11.8 Å². The Hall–Kier alpha value is -1.52. The molecule has 2 aliphatic rings. The largest absolute Gasteiger partial charge is 0.349 e. The van der Waals surface area contributed by atoms with Crippen molar-refractivity contribution in [3.63, 3.8) is 0 Å². The molecule has 5 nitrogen and oxygen atoms in total. The molecule has 4 atom stereocenters. The number of carbonyl (C=O) groups is 1. The highest BCUT2D eigenvalue weighted by Gasteiger charge is 2.39. The molecule has 0 spiro atoms. The molecule has 2 aliphatic carbocycles. The number of hydrogen-bond donors (Lipinski definition) is 2. The van der Waals surface area contributed by atoms with E-state index in [4.69, 9.17) is 0 Å². The van der Waals surface area contributed by atoms with Crippen LogP contribution in [0.3, 0.4) is 0 Å². The van der Waals surface area contributed by atoms with Gasteiger partial charge in [0.25, 0.3) is 11.5 Å². The molecule has 0 aliphatic heterocycles. The number of rotatable bonds is 3. The van der Waals surface area contributed by atoms with Crippen molar-refractivity contribution >= 4 is 5.91 Å². The molecule has 2 fully saturated rings. The highest BCUT2D eigenvalue weighted by molar-refractivity contribution is 5.93. The number of nitrogens with zero attached hydrogens (tertiary/aromatic N) is 1. The van der Waals surface area contributed by atoms with Crippen LogP contribution in [0.5, 0.6) is 0 Å². The molecule has 0 saturated heterocycles. The van der Waals surface area contributed by atoms with E-state index in [1.807, 2.05) is 0 Å². The molecular formula is C16H25N3O2. The molecule has 5 heteroatoms. The highest BCUT2D eigenvalue weighted by atomic mass is 16.2. The molecule has 21 heavy (non-hydrogen) atoms. The van der Waals surface area contributed by atoms with Crippen LogP contribution in [-0.4, -0.2) is 21.7 Å². The first-order chi connectivity index (χ1) is 10.1. The SMILES string of the molecule is CCC1CC2CCCC(C2)C1NC(=O)c1c[nH]n(C)c1=O. The van der Waals surface area contributed by atoms with Crippen molar-refractivity contribution in [1.29, 1.82) is 0 Å². The van der Waals surface area contributed by atoms with Crippen molar-refractivity contribution in [2.45, 2.75) is 51.5 Å². The molecule has 4 unspecified atom stereocenters. The van der Waals surface area contributed by atoms with Crippen molar-refractivity contribution < 1.29 is 4.79 Å². The van der Waals surface area contributed by atoms with Crippen LogP contribution >= 0.6 is 0 Å². The lowest BCUT2D eigenvalue weighted by Gasteiger charge is -2.45. The number of amides is 1. The maximum absolute atomic E-state index is 12.4. The quantitative estimate of drug-likeness (QED) is 0.895. The smallest absolute Gasteiger partial charge is 0.279 e. The second-order valence-corrected chi connectivity index (χ2v) is 6.75. The van der Waals surface area contributed by atoms with Crippen LogP contribution in [0.1, 0.15) is 55.8 Å². The van der Waals surface area contributed by atoms with Crippen LogP contribution in [0.2, 0.25) is 0 Å². The minimum Gasteiger partial charge on any atom is -0.349 e. The van der Waals surface area contributed by atoms with Crippen molar-refractivity contribution in [2.24, 2.45) is 24.8 Å². The molecule has 1 aromatic heterocycles. The lowest BCUT2D eigenvalue weighted by molar-refractivity contribution is 0.0679. The van der Waals surface area contributed by atoms with Gasteiger partial charge in [0.15, 0.2) is 0 Å². The van der Waals surface area contributed by atoms with Gasteiger partial charge >= 0.3 is 0 Å². The molecule has 0 aromatic carbocycles. The fraction of sp³-hybridized carbons (Fsp3) is 0.750. The van der Waals surface area contributed by atoms with Gasteiger partial charge in [0.2, 0.25) is 0 Å². The number of aryl methyl sites for hydroxylation is 1. The van der Waals surface area contributed by atoms with Crippen molar-refractivity contribution in [1.82, 2.24) is 15.1 Å². The summed E-state index contributed by atoms with van der Waals surface area (Å²) in [6.45, 7) is 2.21. The van der Waals surface area contributed by atoms with E-state index in [0.717, 1.165) is 12.3 Å². The zero-order valence-corrected chi connectivity index (χ0v) is 12.9. The average Bonchev–Trinajstić information content (AvgIpc) is 2.82. The summed E-state index contributed by atoms with van der Waals surface area (Å²) >= 11 is 0. The topological polar surface area (TPSA) is 66.9 Å². The highest BCUT2D eigenvalue weighted by Crippen LogP contribution is 2.43. The first-order valence-corrected chi connectivity index (χ1v) is 8.15. The third-order valence-corrected chi connectivity index (χ3v) is 5.48. The summed E-state index contributed by atoms with van der Waals surface area (Å²) in [6.07, 6.45) is 8.92. The number of nitrogens with one attached hydrogen (secondary N) is 2. The lowest BCUT2D eigenvalue weighted by Crippen LogP contribution is -2.51. The van der Waals surface area contributed by atoms with Crippen LogP contribution in [0.25, 0.3) is 0 Å². The van der Waals surface area contributed by atoms with Crippen molar-refractivity contribution in [3.05, 3.63) is 22.1 Å². The second kappa shape index (κ2) is 5.70. The Labute approximate surface area is 125 Å². The molecule has 2 N–H and O–H groups in total. The van der Waals surface area contributed by atoms with Crippen molar-refractivity contribution in [3.8, 4) is 0 Å². The maximum Gasteiger partial charge on any atom is 0.279 e. The van der Waals surface area contributed by atoms with Crippen LogP contribution in [0.15, 0.2) is 11.0 Å². The van der Waals surface area contributed by atoms with Gasteiger partial charge in [0, 0.05) is 19.3 Å². The Kier molecular flexibility index (Phi) is 3.91. The summed E-state index contributed by atoms with van der Waals surface area (Å²) in [5.74, 6) is 1.78. The Balaban J connectivity index is 1.77. The van der Waals surface area contributed by atoms with Gasteiger partial charge in [0.05, 0.1) is 0 Å². The van der Waals surface area contributed by atoms with E-state index in [9.17, 15) is 9.59 Å². The van der Waals surface area contributed by atoms with Gasteiger partial charge in [-0.2, -0.15) is 0 Å². The van der Waals surface area contributed by atoms with Crippen molar-refractivity contribution in [2.75, 3.05) is 0 Å². The first kappa shape index (κ1) is 14.4. The number of carbonyl (C=O) groups excluding carboxylic acids is 1. The van der Waals surface area contributed by atoms with Gasteiger partial charge in [-0.3, -0.25) is 14.3 Å². The predicted molar refractivity (Wildman–Crippen MR) is 81.1 cm³/mol. The van der Waals surface area contributed by atoms with Gasteiger partial charge in [0.1, 0.15) is 5.56 Å². The Morgan fingerprint density at radius 1 is 1.43 bits per heavy atom. The normalized spacial score (nSPS) is 31.9. The van der Waals surface area contributed by atoms with Crippen LogP contribution in [0, 0.1) is 17.8 Å². The molecule has 1 amide bonds. The van der Waals surface area contributed by atoms with E-state index >= 15 is 0 Å². The van der Waals surface area contributed by atoms with E-state index in [-0.39, 0.29) is 23.1 Å². The summed E-state index contributed by atoms with van der Waals surface area (Å²) in [4.78, 5) is 24.3. The summed E-state index contributed by atoms with van der Waals surface area (Å²) in [5, 5.41) is 5.94. The lowest BCUT2D eigenvalue weighted by atomic mass is 9.64. The number of hydrogen-bond acceptors (Lipinski definition) is 2. The predicted octanol–water partition coefficient (Wildman–Crippen LogP) is 2.05. The van der Waals surface area contributed by atoms with Gasteiger partial charge in [-0.05, 0) is 37.0 Å². The van der Waals surface area contributed by atoms with E-state index < -0.39 is 0 Å². The number of fused-ring (bicyclic) bond motifs is 2. The second-order valence-electron chi connectivity index (χ2n) is 6.75. The fourth-order valence-electron chi connectivity index (χ4n) is 4.34. The summed E-state index contributed by atoms with van der Waals surface area (Å²) in [5.41, 5.74) is -0.0248. The zero-order valence-electron chi connectivity index (χ0n) is 12.9. The molecule has 1 aromatic rings. The van der Waals surface area contributed by atoms with Crippen LogP contribution < -0.4 is 10.9 Å². The van der Waals surface area contributed by atoms with Gasteiger partial charge in [-0.25, -0.2) is 0 Å². The Morgan fingerprint density at radius 3 is 2.90 bits per heavy atom. The molecule has 2 bridgehead atoms. The number of aromatic nitrogens is 2. The average molecular weight is 291 g/mol. The van der Waals surface area contributed by atoms with Crippen LogP contribution in [-0.2, 0) is 7.05 Å². The minimum atomic E-state index is -0.252. The Morgan fingerprint density at radius 2 is 2.24 bits per heavy atom. The molecule has 2 saturated carbocycles. The zero-order chi connectivity index (χ0) is 15.0. The summed E-state index contributed by atoms with van der Waals surface area (Å²) in [7, 11) is 1.63. The summed E-state index contributed by atoms with van der Waals surface area (Å²) < 4.78 is 1.34. The minimum absolute atomic E-state index is 0.218. The number of aromatic amines is 1.